The van der Waals surface area contributed by atoms with Crippen LogP contribution in [0.4, 0.5) is 11.4 Å². The molecule has 3 atom stereocenters. The minimum Gasteiger partial charge on any atom is -0.398 e. The fraction of sp³-hybridized carbons (Fsp3) is 0.441. The number of benzene rings is 2. The summed E-state index contributed by atoms with van der Waals surface area (Å²) in [6.07, 6.45) is 6.45. The number of nitrogen functional groups attached to an aromatic ring is 1. The van der Waals surface area contributed by atoms with Crippen molar-refractivity contribution in [3.8, 4) is 0 Å². The molecule has 3 unspecified atom stereocenters. The Kier molecular flexibility index (Phi) is 11.3. The number of nitrogens with one attached hydrogen (secondary N) is 3. The summed E-state index contributed by atoms with van der Waals surface area (Å²) in [5.74, 6) is 1.24. The summed E-state index contributed by atoms with van der Waals surface area (Å²) in [6.45, 7) is 13.2. The van der Waals surface area contributed by atoms with Crippen LogP contribution in [0.1, 0.15) is 100 Å². The number of aromatic nitrogens is 1. The molecule has 0 fully saturated rings. The predicted octanol–water partition coefficient (Wildman–Crippen LogP) is 7.86. The molecule has 1 heterocycles. The van der Waals surface area contributed by atoms with Crippen LogP contribution in [-0.2, 0) is 0 Å². The molecule has 0 saturated carbocycles. The highest BCUT2D eigenvalue weighted by atomic mass is 16.1. The van der Waals surface area contributed by atoms with Gasteiger partial charge in [0.25, 0.3) is 5.91 Å². The minimum atomic E-state index is -0.223. The van der Waals surface area contributed by atoms with Crippen molar-refractivity contribution in [1.82, 2.24) is 10.3 Å². The van der Waals surface area contributed by atoms with Gasteiger partial charge in [0.15, 0.2) is 0 Å². The van der Waals surface area contributed by atoms with Gasteiger partial charge in [-0.2, -0.15) is 0 Å². The number of amides is 1. The van der Waals surface area contributed by atoms with E-state index in [4.69, 9.17) is 11.1 Å². The molecule has 0 bridgehead atoms. The lowest BCUT2D eigenvalue weighted by molar-refractivity contribution is 0.0924. The van der Waals surface area contributed by atoms with Gasteiger partial charge in [-0.05, 0) is 73.1 Å². The first-order valence-electron chi connectivity index (χ1n) is 14.7. The number of hydrogen-bond acceptors (Lipinski definition) is 5. The van der Waals surface area contributed by atoms with Crippen LogP contribution in [0.15, 0.2) is 66.9 Å². The molecule has 5 N–H and O–H groups in total. The van der Waals surface area contributed by atoms with Crippen LogP contribution >= 0.6 is 0 Å². The standard InChI is InChI=1S/C34H47N5O/c1-7-10-24(6)20-28(19-22(2)3)38-27-15-12-25(13-16-27)32(36)29-21-26(14-17-30(29)35)34(40)39-33(23(4)5)31-11-8-9-18-37-31/h8-9,11-18,21-24,28,33,36,38H,7,10,19-20,35H2,1-6H3,(H,39,40). The first-order valence-corrected chi connectivity index (χ1v) is 14.7. The van der Waals surface area contributed by atoms with Gasteiger partial charge in [0.1, 0.15) is 0 Å². The zero-order valence-electron chi connectivity index (χ0n) is 25.0. The van der Waals surface area contributed by atoms with Crippen LogP contribution in [0.25, 0.3) is 0 Å². The normalized spacial score (nSPS) is 13.6. The third-order valence-corrected chi connectivity index (χ3v) is 7.31. The van der Waals surface area contributed by atoms with E-state index in [1.807, 2.05) is 42.5 Å². The van der Waals surface area contributed by atoms with Crippen molar-refractivity contribution in [2.75, 3.05) is 11.1 Å². The molecule has 3 aromatic rings. The molecule has 1 aromatic heterocycles. The summed E-state index contributed by atoms with van der Waals surface area (Å²) >= 11 is 0. The van der Waals surface area contributed by atoms with E-state index in [1.54, 1.807) is 24.4 Å². The lowest BCUT2D eigenvalue weighted by atomic mass is 9.92. The minimum absolute atomic E-state index is 0.160. The van der Waals surface area contributed by atoms with Gasteiger partial charge in [-0.25, -0.2) is 0 Å². The Morgan fingerprint density at radius 2 is 1.65 bits per heavy atom. The van der Waals surface area contributed by atoms with Crippen molar-refractivity contribution in [2.24, 2.45) is 17.8 Å². The largest absolute Gasteiger partial charge is 0.398 e. The molecular formula is C34H47N5O. The van der Waals surface area contributed by atoms with Crippen LogP contribution < -0.4 is 16.4 Å². The maximum atomic E-state index is 13.2. The van der Waals surface area contributed by atoms with E-state index < -0.39 is 0 Å². The molecular weight excluding hydrogens is 494 g/mol. The summed E-state index contributed by atoms with van der Waals surface area (Å²) in [7, 11) is 0. The first-order chi connectivity index (χ1) is 19.1. The van der Waals surface area contributed by atoms with Crippen LogP contribution in [0, 0.1) is 23.2 Å². The Bertz CT molecular complexity index is 1240. The predicted molar refractivity (Wildman–Crippen MR) is 168 cm³/mol. The van der Waals surface area contributed by atoms with Crippen molar-refractivity contribution in [2.45, 2.75) is 79.3 Å². The first kappa shape index (κ1) is 30.9. The van der Waals surface area contributed by atoms with E-state index in [2.05, 4.69) is 57.2 Å². The number of nitrogens with two attached hydrogens (primary N) is 1. The highest BCUT2D eigenvalue weighted by molar-refractivity contribution is 6.15. The van der Waals surface area contributed by atoms with E-state index in [1.165, 1.54) is 12.8 Å². The van der Waals surface area contributed by atoms with Crippen molar-refractivity contribution in [3.63, 3.8) is 0 Å². The van der Waals surface area contributed by atoms with Crippen LogP contribution in [-0.4, -0.2) is 22.6 Å². The van der Waals surface area contributed by atoms with E-state index in [0.29, 0.717) is 40.4 Å². The fourth-order valence-electron chi connectivity index (χ4n) is 5.28. The smallest absolute Gasteiger partial charge is 0.251 e. The number of pyridine rings is 1. The van der Waals surface area contributed by atoms with Crippen molar-refractivity contribution < 1.29 is 4.79 Å². The summed E-state index contributed by atoms with van der Waals surface area (Å²) < 4.78 is 0. The Morgan fingerprint density at radius 1 is 0.950 bits per heavy atom. The highest BCUT2D eigenvalue weighted by Crippen LogP contribution is 2.25. The van der Waals surface area contributed by atoms with Gasteiger partial charge in [0.05, 0.1) is 17.4 Å². The SMILES string of the molecule is CCCC(C)CC(CC(C)C)Nc1ccc(C(=N)c2cc(C(=O)NC(c3ccccn3)C(C)C)ccc2N)cc1. The Labute approximate surface area is 240 Å². The van der Waals surface area contributed by atoms with Gasteiger partial charge in [-0.3, -0.25) is 15.2 Å². The van der Waals surface area contributed by atoms with Crippen LogP contribution in [0.5, 0.6) is 0 Å². The molecule has 0 aliphatic carbocycles. The molecule has 6 nitrogen and oxygen atoms in total. The molecule has 0 aliphatic rings. The highest BCUT2D eigenvalue weighted by Gasteiger charge is 2.21. The average molecular weight is 542 g/mol. The zero-order chi connectivity index (χ0) is 29.2. The number of carbonyl (C=O) groups is 1. The van der Waals surface area contributed by atoms with Crippen molar-refractivity contribution in [3.05, 3.63) is 89.2 Å². The topological polar surface area (TPSA) is 104 Å². The van der Waals surface area contributed by atoms with Crippen molar-refractivity contribution in [1.29, 1.82) is 5.41 Å². The van der Waals surface area contributed by atoms with E-state index in [-0.39, 0.29) is 17.9 Å². The second-order valence-corrected chi connectivity index (χ2v) is 11.8. The van der Waals surface area contributed by atoms with E-state index in [9.17, 15) is 4.79 Å². The number of hydrogen-bond donors (Lipinski definition) is 4. The molecule has 0 radical (unpaired) electrons. The fourth-order valence-corrected chi connectivity index (χ4v) is 5.28. The lowest BCUT2D eigenvalue weighted by Gasteiger charge is -2.25. The molecule has 6 heteroatoms. The van der Waals surface area contributed by atoms with Gasteiger partial charge in [-0.15, -0.1) is 0 Å². The Balaban J connectivity index is 1.75. The van der Waals surface area contributed by atoms with Gasteiger partial charge in [-0.1, -0.05) is 72.6 Å². The van der Waals surface area contributed by atoms with Gasteiger partial charge < -0.3 is 16.4 Å². The maximum Gasteiger partial charge on any atom is 0.251 e. The van der Waals surface area contributed by atoms with E-state index >= 15 is 0 Å². The third kappa shape index (κ3) is 8.67. The second kappa shape index (κ2) is 14.6. The maximum absolute atomic E-state index is 13.2. The summed E-state index contributed by atoms with van der Waals surface area (Å²) in [5, 5.41) is 15.7. The Morgan fingerprint density at radius 3 is 2.25 bits per heavy atom. The Hall–Kier alpha value is -3.67. The number of carbonyl (C=O) groups excluding carboxylic acids is 1. The van der Waals surface area contributed by atoms with Gasteiger partial charge >= 0.3 is 0 Å². The average Bonchev–Trinajstić information content (AvgIpc) is 2.92. The molecule has 0 saturated heterocycles. The molecule has 2 aromatic carbocycles. The second-order valence-electron chi connectivity index (χ2n) is 11.8. The monoisotopic (exact) mass is 541 g/mol. The number of rotatable bonds is 14. The lowest BCUT2D eigenvalue weighted by Crippen LogP contribution is -2.32. The van der Waals surface area contributed by atoms with Gasteiger partial charge in [0.2, 0.25) is 0 Å². The summed E-state index contributed by atoms with van der Waals surface area (Å²) in [5.41, 5.74) is 10.7. The quantitative estimate of drug-likeness (QED) is 0.123. The molecule has 3 rings (SSSR count). The number of nitrogens with zero attached hydrogens (tertiary/aromatic N) is 1. The number of anilines is 2. The van der Waals surface area contributed by atoms with Crippen LogP contribution in [0.3, 0.4) is 0 Å². The molecule has 0 spiro atoms. The van der Waals surface area contributed by atoms with E-state index in [0.717, 1.165) is 29.8 Å². The summed E-state index contributed by atoms with van der Waals surface area (Å²) in [6, 6.07) is 19.0. The third-order valence-electron chi connectivity index (χ3n) is 7.31. The van der Waals surface area contributed by atoms with Crippen LogP contribution in [0.2, 0.25) is 0 Å². The molecule has 0 aliphatic heterocycles. The zero-order valence-corrected chi connectivity index (χ0v) is 25.0. The molecule has 40 heavy (non-hydrogen) atoms. The van der Waals surface area contributed by atoms with Crippen molar-refractivity contribution >= 4 is 23.0 Å². The summed E-state index contributed by atoms with van der Waals surface area (Å²) in [4.78, 5) is 17.7. The molecule has 1 amide bonds. The van der Waals surface area contributed by atoms with Gasteiger partial charge in [0, 0.05) is 40.3 Å². The molecule has 214 valence electrons.